The van der Waals surface area contributed by atoms with E-state index in [-0.39, 0.29) is 4.90 Å². The highest BCUT2D eigenvalue weighted by Gasteiger charge is 2.23. The van der Waals surface area contributed by atoms with E-state index < -0.39 is 10.0 Å². The minimum Gasteiger partial charge on any atom is -0.379 e. The average molecular weight is 351 g/mol. The minimum absolute atomic E-state index is 0.256. The summed E-state index contributed by atoms with van der Waals surface area (Å²) in [4.78, 5) is 4.58. The van der Waals surface area contributed by atoms with Gasteiger partial charge in [-0.1, -0.05) is 17.7 Å². The van der Waals surface area contributed by atoms with Gasteiger partial charge in [0.1, 0.15) is 5.84 Å². The van der Waals surface area contributed by atoms with Crippen LogP contribution in [0.25, 0.3) is 0 Å². The van der Waals surface area contributed by atoms with Crippen molar-refractivity contribution in [2.45, 2.75) is 24.7 Å². The summed E-state index contributed by atoms with van der Waals surface area (Å²) in [5.74, 6) is 0.662. The summed E-state index contributed by atoms with van der Waals surface area (Å²) in [7, 11) is -3.68. The van der Waals surface area contributed by atoms with E-state index in [9.17, 15) is 8.42 Å². The average Bonchev–Trinajstić information content (AvgIpc) is 3.10. The maximum atomic E-state index is 12.7. The third-order valence-corrected chi connectivity index (χ3v) is 5.80. The van der Waals surface area contributed by atoms with Gasteiger partial charge in [0.2, 0.25) is 0 Å². The van der Waals surface area contributed by atoms with Crippen LogP contribution in [0, 0.1) is 6.92 Å². The summed E-state index contributed by atoms with van der Waals surface area (Å²) in [5, 5.41) is 0. The number of aryl methyl sites for hydroxylation is 1. The van der Waals surface area contributed by atoms with Crippen LogP contribution in [-0.4, -0.2) is 70.0 Å². The monoisotopic (exact) mass is 351 g/mol. The zero-order chi connectivity index (χ0) is 17.0. The predicted octanol–water partition coefficient (Wildman–Crippen LogP) is 1.51. The van der Waals surface area contributed by atoms with E-state index in [1.54, 1.807) is 24.3 Å². The normalized spacial score (nSPS) is 20.5. The lowest BCUT2D eigenvalue weighted by Crippen LogP contribution is -2.44. The highest BCUT2D eigenvalue weighted by molar-refractivity contribution is 7.90. The summed E-state index contributed by atoms with van der Waals surface area (Å²) in [6.45, 7) is 7.28. The fraction of sp³-hybridized carbons (Fsp3) is 0.588. The molecule has 2 saturated heterocycles. The van der Waals surface area contributed by atoms with Gasteiger partial charge in [-0.05, 0) is 31.9 Å². The standard InChI is InChI=1S/C17H25N3O3S/c1-15-4-6-16(7-5-15)24(21,22)18-17(20-8-2-3-9-20)14-19-10-12-23-13-11-19/h4-7H,2-3,8-14H2,1H3. The smallest absolute Gasteiger partial charge is 0.283 e. The van der Waals surface area contributed by atoms with Crippen molar-refractivity contribution >= 4 is 15.9 Å². The number of nitrogens with zero attached hydrogens (tertiary/aromatic N) is 3. The molecule has 132 valence electrons. The fourth-order valence-corrected chi connectivity index (χ4v) is 4.06. The van der Waals surface area contributed by atoms with Gasteiger partial charge in [0, 0.05) is 26.2 Å². The summed E-state index contributed by atoms with van der Waals surface area (Å²) in [6, 6.07) is 6.87. The third kappa shape index (κ3) is 4.34. The van der Waals surface area contributed by atoms with Gasteiger partial charge in [0.15, 0.2) is 0 Å². The number of amidine groups is 1. The van der Waals surface area contributed by atoms with Crippen molar-refractivity contribution in [3.05, 3.63) is 29.8 Å². The van der Waals surface area contributed by atoms with Crippen molar-refractivity contribution in [3.63, 3.8) is 0 Å². The van der Waals surface area contributed by atoms with Crippen molar-refractivity contribution in [1.82, 2.24) is 9.80 Å². The van der Waals surface area contributed by atoms with E-state index in [1.165, 1.54) is 0 Å². The summed E-state index contributed by atoms with van der Waals surface area (Å²) >= 11 is 0. The predicted molar refractivity (Wildman–Crippen MR) is 93.9 cm³/mol. The molecule has 0 amide bonds. The zero-order valence-corrected chi connectivity index (χ0v) is 15.0. The highest BCUT2D eigenvalue weighted by atomic mass is 32.2. The van der Waals surface area contributed by atoms with E-state index in [0.29, 0.717) is 25.6 Å². The Balaban J connectivity index is 1.85. The van der Waals surface area contributed by atoms with Gasteiger partial charge in [-0.25, -0.2) is 0 Å². The number of rotatable bonds is 4. The molecule has 2 aliphatic heterocycles. The first-order valence-corrected chi connectivity index (χ1v) is 9.94. The van der Waals surface area contributed by atoms with Gasteiger partial charge in [0.05, 0.1) is 24.7 Å². The first kappa shape index (κ1) is 17.4. The maximum Gasteiger partial charge on any atom is 0.283 e. The molecule has 6 nitrogen and oxygen atoms in total. The van der Waals surface area contributed by atoms with Crippen LogP contribution in [0.1, 0.15) is 18.4 Å². The van der Waals surface area contributed by atoms with Crippen LogP contribution in [0.3, 0.4) is 0 Å². The largest absolute Gasteiger partial charge is 0.379 e. The Morgan fingerprint density at radius 3 is 2.33 bits per heavy atom. The van der Waals surface area contributed by atoms with Crippen LogP contribution in [0.2, 0.25) is 0 Å². The molecule has 1 aromatic rings. The van der Waals surface area contributed by atoms with Gasteiger partial charge >= 0.3 is 0 Å². The Labute approximate surface area is 144 Å². The number of morpholine rings is 1. The van der Waals surface area contributed by atoms with Gasteiger partial charge in [-0.2, -0.15) is 8.42 Å². The number of hydrogen-bond acceptors (Lipinski definition) is 4. The van der Waals surface area contributed by atoms with Crippen molar-refractivity contribution in [1.29, 1.82) is 0 Å². The van der Waals surface area contributed by atoms with Crippen LogP contribution in [-0.2, 0) is 14.8 Å². The third-order valence-electron chi connectivity index (χ3n) is 4.48. The Bertz CT molecular complexity index is 674. The lowest BCUT2D eigenvalue weighted by atomic mass is 10.2. The first-order valence-electron chi connectivity index (χ1n) is 8.50. The van der Waals surface area contributed by atoms with Crippen molar-refractivity contribution in [2.24, 2.45) is 4.40 Å². The number of hydrogen-bond donors (Lipinski definition) is 0. The molecule has 7 heteroatoms. The Morgan fingerprint density at radius 1 is 1.08 bits per heavy atom. The molecule has 24 heavy (non-hydrogen) atoms. The summed E-state index contributed by atoms with van der Waals surface area (Å²) in [5.41, 5.74) is 1.03. The highest BCUT2D eigenvalue weighted by Crippen LogP contribution is 2.17. The molecule has 0 aromatic heterocycles. The molecule has 0 N–H and O–H groups in total. The molecule has 0 bridgehead atoms. The lowest BCUT2D eigenvalue weighted by Gasteiger charge is -2.30. The molecule has 0 saturated carbocycles. The van der Waals surface area contributed by atoms with Crippen LogP contribution in [0.15, 0.2) is 33.6 Å². The van der Waals surface area contributed by atoms with Crippen molar-refractivity contribution in [3.8, 4) is 0 Å². The Hall–Kier alpha value is -1.44. The SMILES string of the molecule is Cc1ccc(S(=O)(=O)N=C(CN2CCOCC2)N2CCCC2)cc1. The summed E-state index contributed by atoms with van der Waals surface area (Å²) < 4.78 is 35.0. The van der Waals surface area contributed by atoms with Gasteiger partial charge in [-0.3, -0.25) is 4.90 Å². The molecule has 1 aromatic carbocycles. The first-order chi connectivity index (χ1) is 11.5. The van der Waals surface area contributed by atoms with Gasteiger partial charge < -0.3 is 9.64 Å². The molecule has 2 heterocycles. The van der Waals surface area contributed by atoms with Crippen molar-refractivity contribution < 1.29 is 13.2 Å². The van der Waals surface area contributed by atoms with E-state index in [0.717, 1.165) is 44.6 Å². The molecule has 3 rings (SSSR count). The van der Waals surface area contributed by atoms with Gasteiger partial charge in [-0.15, -0.1) is 4.40 Å². The van der Waals surface area contributed by atoms with E-state index >= 15 is 0 Å². The second kappa shape index (κ2) is 7.63. The topological polar surface area (TPSA) is 62.2 Å². The van der Waals surface area contributed by atoms with Crippen LogP contribution in [0.4, 0.5) is 0 Å². The quantitative estimate of drug-likeness (QED) is 0.608. The number of likely N-dealkylation sites (tertiary alicyclic amines) is 1. The fourth-order valence-electron chi connectivity index (χ4n) is 3.02. The number of sulfonamides is 1. The molecule has 0 radical (unpaired) electrons. The van der Waals surface area contributed by atoms with E-state index in [4.69, 9.17) is 4.74 Å². The molecule has 0 unspecified atom stereocenters. The Morgan fingerprint density at radius 2 is 1.71 bits per heavy atom. The molecule has 0 atom stereocenters. The number of benzene rings is 1. The second-order valence-corrected chi connectivity index (χ2v) is 7.98. The van der Waals surface area contributed by atoms with E-state index in [2.05, 4.69) is 14.2 Å². The second-order valence-electron chi connectivity index (χ2n) is 6.38. The zero-order valence-electron chi connectivity index (χ0n) is 14.1. The molecule has 0 spiro atoms. The van der Waals surface area contributed by atoms with Gasteiger partial charge in [0.25, 0.3) is 10.0 Å². The Kier molecular flexibility index (Phi) is 5.53. The molecular formula is C17H25N3O3S. The van der Waals surface area contributed by atoms with E-state index in [1.807, 2.05) is 6.92 Å². The maximum absolute atomic E-state index is 12.7. The lowest BCUT2D eigenvalue weighted by molar-refractivity contribution is 0.0443. The molecule has 2 aliphatic rings. The number of ether oxygens (including phenoxy) is 1. The minimum atomic E-state index is -3.68. The molecule has 0 aliphatic carbocycles. The van der Waals surface area contributed by atoms with Crippen LogP contribution >= 0.6 is 0 Å². The summed E-state index contributed by atoms with van der Waals surface area (Å²) in [6.07, 6.45) is 2.18. The molecule has 2 fully saturated rings. The van der Waals surface area contributed by atoms with Crippen molar-refractivity contribution in [2.75, 3.05) is 45.9 Å². The van der Waals surface area contributed by atoms with Crippen LogP contribution < -0.4 is 0 Å². The van der Waals surface area contributed by atoms with Crippen LogP contribution in [0.5, 0.6) is 0 Å². The molecular weight excluding hydrogens is 326 g/mol.